The highest BCUT2D eigenvalue weighted by Crippen LogP contribution is 2.46. The summed E-state index contributed by atoms with van der Waals surface area (Å²) in [6.07, 6.45) is 3.93. The standard InChI is InChI=1S/C21H22FN5O2/c1-13-4-7-19(24-10-13)26(2)18-9-20(25-27(3)21(18)28)29-12-14-8-16(14)17-6-5-15(22)11-23-17/h4-7,9-11,14,16H,8,12H2,1-3H3/t14-,16+/m1/s1. The molecule has 2 atom stereocenters. The maximum Gasteiger partial charge on any atom is 0.290 e. The Labute approximate surface area is 167 Å². The molecular weight excluding hydrogens is 373 g/mol. The summed E-state index contributed by atoms with van der Waals surface area (Å²) in [4.78, 5) is 22.8. The predicted molar refractivity (Wildman–Crippen MR) is 107 cm³/mol. The Kier molecular flexibility index (Phi) is 5.00. The van der Waals surface area contributed by atoms with Crippen molar-refractivity contribution in [2.75, 3.05) is 18.6 Å². The van der Waals surface area contributed by atoms with Gasteiger partial charge < -0.3 is 9.64 Å². The molecule has 3 heterocycles. The molecule has 0 bridgehead atoms. The fourth-order valence-electron chi connectivity index (χ4n) is 3.25. The Bertz CT molecular complexity index is 1070. The van der Waals surface area contributed by atoms with E-state index in [1.807, 2.05) is 19.1 Å². The highest BCUT2D eigenvalue weighted by molar-refractivity contribution is 5.58. The van der Waals surface area contributed by atoms with Gasteiger partial charge in [-0.25, -0.2) is 14.1 Å². The van der Waals surface area contributed by atoms with Gasteiger partial charge in [0.25, 0.3) is 5.56 Å². The Morgan fingerprint density at radius 2 is 2.07 bits per heavy atom. The molecule has 4 rings (SSSR count). The smallest absolute Gasteiger partial charge is 0.290 e. The van der Waals surface area contributed by atoms with Crippen molar-refractivity contribution in [2.24, 2.45) is 13.0 Å². The summed E-state index contributed by atoms with van der Waals surface area (Å²) >= 11 is 0. The van der Waals surface area contributed by atoms with E-state index < -0.39 is 0 Å². The number of nitrogens with zero attached hydrogens (tertiary/aromatic N) is 5. The molecular formula is C21H22FN5O2. The van der Waals surface area contributed by atoms with E-state index in [1.54, 1.807) is 37.3 Å². The quantitative estimate of drug-likeness (QED) is 0.639. The fourth-order valence-corrected chi connectivity index (χ4v) is 3.25. The van der Waals surface area contributed by atoms with Crippen molar-refractivity contribution in [3.63, 3.8) is 0 Å². The number of hydrogen-bond donors (Lipinski definition) is 0. The van der Waals surface area contributed by atoms with Crippen molar-refractivity contribution in [2.45, 2.75) is 19.3 Å². The number of anilines is 2. The summed E-state index contributed by atoms with van der Waals surface area (Å²) in [7, 11) is 3.38. The number of aromatic nitrogens is 4. The molecule has 1 aliphatic rings. The zero-order valence-corrected chi connectivity index (χ0v) is 16.5. The number of aryl methyl sites for hydroxylation is 2. The molecule has 1 saturated carbocycles. The van der Waals surface area contributed by atoms with Crippen molar-refractivity contribution in [3.8, 4) is 5.88 Å². The van der Waals surface area contributed by atoms with Gasteiger partial charge in [0.2, 0.25) is 5.88 Å². The molecule has 0 aliphatic heterocycles. The minimum absolute atomic E-state index is 0.234. The van der Waals surface area contributed by atoms with Crippen LogP contribution in [0.3, 0.4) is 0 Å². The lowest BCUT2D eigenvalue weighted by Crippen LogP contribution is -2.27. The molecule has 0 amide bonds. The molecule has 0 radical (unpaired) electrons. The second kappa shape index (κ2) is 7.62. The van der Waals surface area contributed by atoms with Gasteiger partial charge in [-0.2, -0.15) is 0 Å². The van der Waals surface area contributed by atoms with Crippen LogP contribution in [0.4, 0.5) is 15.9 Å². The summed E-state index contributed by atoms with van der Waals surface area (Å²) in [5, 5.41) is 4.20. The van der Waals surface area contributed by atoms with Gasteiger partial charge in [0.15, 0.2) is 0 Å². The third-order valence-corrected chi connectivity index (χ3v) is 5.12. The van der Waals surface area contributed by atoms with Crippen molar-refractivity contribution in [1.29, 1.82) is 0 Å². The van der Waals surface area contributed by atoms with E-state index in [2.05, 4.69) is 15.1 Å². The van der Waals surface area contributed by atoms with E-state index in [0.717, 1.165) is 17.7 Å². The number of ether oxygens (including phenoxy) is 1. The molecule has 3 aromatic heterocycles. The molecule has 1 aliphatic carbocycles. The van der Waals surface area contributed by atoms with Crippen LogP contribution in [-0.2, 0) is 7.05 Å². The summed E-state index contributed by atoms with van der Waals surface area (Å²) in [6, 6.07) is 8.58. The first-order valence-corrected chi connectivity index (χ1v) is 9.41. The maximum absolute atomic E-state index is 13.0. The van der Waals surface area contributed by atoms with Gasteiger partial charge in [-0.1, -0.05) is 6.07 Å². The minimum atomic E-state index is -0.337. The minimum Gasteiger partial charge on any atom is -0.476 e. The Morgan fingerprint density at radius 1 is 1.24 bits per heavy atom. The molecule has 0 saturated heterocycles. The third-order valence-electron chi connectivity index (χ3n) is 5.12. The SMILES string of the molecule is Cc1ccc(N(C)c2cc(OC[C@H]3C[C@@H]3c3ccc(F)cn3)nn(C)c2=O)nc1. The molecule has 0 spiro atoms. The topological polar surface area (TPSA) is 73.1 Å². The van der Waals surface area contributed by atoms with Crippen LogP contribution in [0.5, 0.6) is 5.88 Å². The zero-order chi connectivity index (χ0) is 20.5. The fraction of sp³-hybridized carbons (Fsp3) is 0.333. The largest absolute Gasteiger partial charge is 0.476 e. The normalized spacial score (nSPS) is 17.8. The lowest BCUT2D eigenvalue weighted by Gasteiger charge is -2.19. The Hall–Kier alpha value is -3.29. The molecule has 0 aromatic carbocycles. The van der Waals surface area contributed by atoms with E-state index in [4.69, 9.17) is 4.74 Å². The van der Waals surface area contributed by atoms with Crippen LogP contribution in [0.1, 0.15) is 23.6 Å². The third kappa shape index (κ3) is 4.11. The average molecular weight is 395 g/mol. The second-order valence-electron chi connectivity index (χ2n) is 7.36. The Morgan fingerprint density at radius 3 is 2.76 bits per heavy atom. The maximum atomic E-state index is 13.0. The van der Waals surface area contributed by atoms with E-state index in [1.165, 1.54) is 16.9 Å². The van der Waals surface area contributed by atoms with E-state index in [-0.39, 0.29) is 17.3 Å². The van der Waals surface area contributed by atoms with Crippen LogP contribution in [-0.4, -0.2) is 33.4 Å². The molecule has 3 aromatic rings. The van der Waals surface area contributed by atoms with Crippen LogP contribution in [0, 0.1) is 18.7 Å². The second-order valence-corrected chi connectivity index (χ2v) is 7.36. The molecule has 8 heteroatoms. The summed E-state index contributed by atoms with van der Waals surface area (Å²) in [5.41, 5.74) is 2.12. The lowest BCUT2D eigenvalue weighted by atomic mass is 10.2. The molecule has 150 valence electrons. The first-order valence-electron chi connectivity index (χ1n) is 9.41. The molecule has 7 nitrogen and oxygen atoms in total. The van der Waals surface area contributed by atoms with Crippen molar-refractivity contribution in [3.05, 3.63) is 70.2 Å². The van der Waals surface area contributed by atoms with Gasteiger partial charge >= 0.3 is 0 Å². The van der Waals surface area contributed by atoms with Gasteiger partial charge in [-0.15, -0.1) is 5.10 Å². The van der Waals surface area contributed by atoms with Crippen LogP contribution >= 0.6 is 0 Å². The number of rotatable bonds is 6. The van der Waals surface area contributed by atoms with E-state index in [0.29, 0.717) is 29.9 Å². The molecule has 1 fully saturated rings. The van der Waals surface area contributed by atoms with Gasteiger partial charge in [0.1, 0.15) is 17.3 Å². The van der Waals surface area contributed by atoms with Crippen LogP contribution in [0.2, 0.25) is 0 Å². The van der Waals surface area contributed by atoms with Gasteiger partial charge in [0, 0.05) is 43.9 Å². The Balaban J connectivity index is 1.47. The summed E-state index contributed by atoms with van der Waals surface area (Å²) in [6.45, 7) is 2.42. The van der Waals surface area contributed by atoms with E-state index >= 15 is 0 Å². The summed E-state index contributed by atoms with van der Waals surface area (Å²) < 4.78 is 20.2. The monoisotopic (exact) mass is 395 g/mol. The van der Waals surface area contributed by atoms with Gasteiger partial charge in [-0.05, 0) is 37.1 Å². The van der Waals surface area contributed by atoms with Crippen molar-refractivity contribution < 1.29 is 9.13 Å². The van der Waals surface area contributed by atoms with Gasteiger partial charge in [-0.3, -0.25) is 9.78 Å². The zero-order valence-electron chi connectivity index (χ0n) is 16.5. The van der Waals surface area contributed by atoms with Crippen LogP contribution in [0.25, 0.3) is 0 Å². The van der Waals surface area contributed by atoms with E-state index in [9.17, 15) is 9.18 Å². The van der Waals surface area contributed by atoms with Crippen LogP contribution in [0.15, 0.2) is 47.5 Å². The highest BCUT2D eigenvalue weighted by Gasteiger charge is 2.40. The first kappa shape index (κ1) is 19.0. The first-order chi connectivity index (χ1) is 13.9. The lowest BCUT2D eigenvalue weighted by molar-refractivity contribution is 0.278. The number of halogens is 1. The highest BCUT2D eigenvalue weighted by atomic mass is 19.1. The molecule has 0 N–H and O–H groups in total. The van der Waals surface area contributed by atoms with Gasteiger partial charge in [0.05, 0.1) is 12.8 Å². The molecule has 29 heavy (non-hydrogen) atoms. The average Bonchev–Trinajstić information content (AvgIpc) is 3.49. The van der Waals surface area contributed by atoms with Crippen molar-refractivity contribution >= 4 is 11.5 Å². The summed E-state index contributed by atoms with van der Waals surface area (Å²) in [5.74, 6) is 1.26. The predicted octanol–water partition coefficient (Wildman–Crippen LogP) is 2.97. The van der Waals surface area contributed by atoms with Crippen LogP contribution < -0.4 is 15.2 Å². The number of hydrogen-bond acceptors (Lipinski definition) is 6. The molecule has 0 unspecified atom stereocenters. The number of pyridine rings is 2. The van der Waals surface area contributed by atoms with Crippen molar-refractivity contribution in [1.82, 2.24) is 19.7 Å².